The van der Waals surface area contributed by atoms with E-state index < -0.39 is 0 Å². The molecule has 0 saturated heterocycles. The first kappa shape index (κ1) is 7.81. The van der Waals surface area contributed by atoms with Crippen molar-refractivity contribution in [2.24, 2.45) is 0 Å². The fourth-order valence-electron chi connectivity index (χ4n) is 0.476. The second kappa shape index (κ2) is 3.21. The van der Waals surface area contributed by atoms with Crippen molar-refractivity contribution in [2.75, 3.05) is 0 Å². The van der Waals surface area contributed by atoms with E-state index in [0.29, 0.717) is 0 Å². The molecule has 0 atom stereocenters. The van der Waals surface area contributed by atoms with Gasteiger partial charge in [-0.1, -0.05) is 0 Å². The van der Waals surface area contributed by atoms with E-state index in [0.717, 1.165) is 4.34 Å². The maximum atomic E-state index is 4.30. The van der Waals surface area contributed by atoms with Crippen molar-refractivity contribution in [2.45, 2.75) is 18.2 Å². The van der Waals surface area contributed by atoms with Crippen molar-refractivity contribution >= 4 is 41.5 Å². The molecule has 0 bridgehead atoms. The van der Waals surface area contributed by atoms with Crippen LogP contribution in [0.2, 0.25) is 0 Å². The van der Waals surface area contributed by atoms with Crippen molar-refractivity contribution in [3.05, 3.63) is 10.6 Å². The van der Waals surface area contributed by atoms with E-state index in [1.54, 1.807) is 20.3 Å². The molecule has 0 N–H and O–H groups in total. The minimum atomic E-state index is 1.16. The summed E-state index contributed by atoms with van der Waals surface area (Å²) in [6, 6.07) is 0. The number of hydrogen-bond donors (Lipinski definition) is 0. The maximum absolute atomic E-state index is 4.30. The maximum Gasteiger partial charge on any atom is 0.160 e. The first-order chi connectivity index (χ1) is 4.24. The zero-order valence-electron chi connectivity index (χ0n) is 5.14. The van der Waals surface area contributed by atoms with Gasteiger partial charge in [0, 0.05) is 26.1 Å². The van der Waals surface area contributed by atoms with Crippen LogP contribution < -0.4 is 0 Å². The smallest absolute Gasteiger partial charge is 0.160 e. The van der Waals surface area contributed by atoms with Crippen LogP contribution in [-0.2, 0) is 0 Å². The first-order valence-electron chi connectivity index (χ1n) is 2.46. The van der Waals surface area contributed by atoms with Crippen molar-refractivity contribution in [1.82, 2.24) is 4.98 Å². The highest BCUT2D eigenvalue weighted by atomic mass is 127. The molecule has 0 unspecified atom stereocenters. The standard InChI is InChI=1S/C5H6INS2/c1-3-4(2)8-5(7-3)9-6/h1-2H3. The zero-order chi connectivity index (χ0) is 6.85. The Labute approximate surface area is 74.9 Å². The average Bonchev–Trinajstić information content (AvgIpc) is 2.13. The summed E-state index contributed by atoms with van der Waals surface area (Å²) in [5.41, 5.74) is 1.17. The van der Waals surface area contributed by atoms with Gasteiger partial charge in [-0.15, -0.1) is 11.3 Å². The molecule has 0 radical (unpaired) electrons. The Bertz CT molecular complexity index is 189. The van der Waals surface area contributed by atoms with Gasteiger partial charge in [-0.25, -0.2) is 4.98 Å². The summed E-state index contributed by atoms with van der Waals surface area (Å²) in [6.45, 7) is 4.14. The molecule has 1 heterocycles. The fourth-order valence-corrected chi connectivity index (χ4v) is 2.89. The van der Waals surface area contributed by atoms with E-state index in [9.17, 15) is 0 Å². The predicted octanol–water partition coefficient (Wildman–Crippen LogP) is 3.20. The van der Waals surface area contributed by atoms with E-state index >= 15 is 0 Å². The second-order valence-corrected chi connectivity index (χ2v) is 5.02. The Hall–Kier alpha value is 0.710. The van der Waals surface area contributed by atoms with E-state index in [1.165, 1.54) is 10.6 Å². The van der Waals surface area contributed by atoms with Gasteiger partial charge in [0.25, 0.3) is 0 Å². The summed E-state index contributed by atoms with van der Waals surface area (Å²) in [5, 5.41) is 0. The molecular weight excluding hydrogens is 265 g/mol. The number of rotatable bonds is 1. The van der Waals surface area contributed by atoms with Crippen molar-refractivity contribution in [1.29, 1.82) is 0 Å². The molecule has 0 amide bonds. The van der Waals surface area contributed by atoms with Crippen molar-refractivity contribution in [3.63, 3.8) is 0 Å². The van der Waals surface area contributed by atoms with E-state index in [1.807, 2.05) is 6.92 Å². The van der Waals surface area contributed by atoms with Crippen LogP contribution in [0.5, 0.6) is 0 Å². The van der Waals surface area contributed by atoms with Crippen LogP contribution in [0.3, 0.4) is 0 Å². The average molecular weight is 271 g/mol. The molecule has 0 aromatic carbocycles. The number of nitrogens with zero attached hydrogens (tertiary/aromatic N) is 1. The van der Waals surface area contributed by atoms with Crippen molar-refractivity contribution in [3.8, 4) is 0 Å². The number of aromatic nitrogens is 1. The highest BCUT2D eigenvalue weighted by Crippen LogP contribution is 2.30. The van der Waals surface area contributed by atoms with Crippen LogP contribution in [0.25, 0.3) is 0 Å². The third kappa shape index (κ3) is 1.81. The molecule has 1 nitrogen and oxygen atoms in total. The third-order valence-electron chi connectivity index (χ3n) is 1.07. The van der Waals surface area contributed by atoms with Crippen LogP contribution >= 0.6 is 41.5 Å². The number of hydrogen-bond acceptors (Lipinski definition) is 3. The lowest BCUT2D eigenvalue weighted by Crippen LogP contribution is -1.70. The molecule has 1 aromatic rings. The van der Waals surface area contributed by atoms with Gasteiger partial charge in [0.15, 0.2) is 4.34 Å². The van der Waals surface area contributed by atoms with Gasteiger partial charge in [0.2, 0.25) is 0 Å². The summed E-state index contributed by atoms with van der Waals surface area (Å²) < 4.78 is 1.16. The SMILES string of the molecule is Cc1nc(SI)sc1C. The molecule has 0 spiro atoms. The molecule has 1 aromatic heterocycles. The largest absolute Gasteiger partial charge is 0.234 e. The first-order valence-corrected chi connectivity index (χ1v) is 6.64. The van der Waals surface area contributed by atoms with Gasteiger partial charge < -0.3 is 0 Å². The summed E-state index contributed by atoms with van der Waals surface area (Å²) in [7, 11) is 1.68. The lowest BCUT2D eigenvalue weighted by atomic mass is 10.4. The Balaban J connectivity index is 2.98. The highest BCUT2D eigenvalue weighted by molar-refractivity contribution is 14.2. The monoisotopic (exact) mass is 271 g/mol. The molecule has 9 heavy (non-hydrogen) atoms. The molecule has 1 rings (SSSR count). The fraction of sp³-hybridized carbons (Fsp3) is 0.400. The molecule has 0 aliphatic carbocycles. The summed E-state index contributed by atoms with van der Waals surface area (Å²) >= 11 is 4.01. The van der Waals surface area contributed by atoms with Gasteiger partial charge in [-0.05, 0) is 22.8 Å². The molecule has 50 valence electrons. The van der Waals surface area contributed by atoms with Crippen LogP contribution in [0.1, 0.15) is 10.6 Å². The lowest BCUT2D eigenvalue weighted by Gasteiger charge is -1.77. The van der Waals surface area contributed by atoms with Gasteiger partial charge in [-0.3, -0.25) is 0 Å². The zero-order valence-corrected chi connectivity index (χ0v) is 8.93. The summed E-state index contributed by atoms with van der Waals surface area (Å²) in [4.78, 5) is 5.63. The summed E-state index contributed by atoms with van der Waals surface area (Å²) in [5.74, 6) is 0. The molecular formula is C5H6INS2. The second-order valence-electron chi connectivity index (χ2n) is 1.70. The molecule has 0 saturated carbocycles. The Morgan fingerprint density at radius 3 is 2.44 bits per heavy atom. The number of halogens is 1. The van der Waals surface area contributed by atoms with E-state index in [-0.39, 0.29) is 0 Å². The molecule has 0 fully saturated rings. The quantitative estimate of drug-likeness (QED) is 0.727. The van der Waals surface area contributed by atoms with Crippen LogP contribution in [0, 0.1) is 13.8 Å². The lowest BCUT2D eigenvalue weighted by molar-refractivity contribution is 1.15. The van der Waals surface area contributed by atoms with Crippen LogP contribution in [-0.4, -0.2) is 4.98 Å². The minimum absolute atomic E-state index is 1.16. The van der Waals surface area contributed by atoms with Gasteiger partial charge in [-0.2, -0.15) is 0 Å². The van der Waals surface area contributed by atoms with Gasteiger partial charge in [0.1, 0.15) is 0 Å². The Morgan fingerprint density at radius 2 is 2.22 bits per heavy atom. The van der Waals surface area contributed by atoms with E-state index in [4.69, 9.17) is 0 Å². The predicted molar refractivity (Wildman–Crippen MR) is 51.5 cm³/mol. The number of thiazole rings is 1. The normalized spacial score (nSPS) is 10.1. The molecule has 4 heteroatoms. The highest BCUT2D eigenvalue weighted by Gasteiger charge is 2.00. The molecule has 0 aliphatic heterocycles. The van der Waals surface area contributed by atoms with Gasteiger partial charge >= 0.3 is 0 Å². The number of aryl methyl sites for hydroxylation is 2. The Morgan fingerprint density at radius 1 is 1.56 bits per heavy atom. The summed E-state index contributed by atoms with van der Waals surface area (Å²) in [6.07, 6.45) is 0. The van der Waals surface area contributed by atoms with Crippen LogP contribution in [0.15, 0.2) is 4.34 Å². The topological polar surface area (TPSA) is 12.9 Å². The van der Waals surface area contributed by atoms with Crippen molar-refractivity contribution < 1.29 is 0 Å². The van der Waals surface area contributed by atoms with Gasteiger partial charge in [0.05, 0.1) is 5.69 Å². The minimum Gasteiger partial charge on any atom is -0.234 e. The molecule has 0 aliphatic rings. The third-order valence-corrected chi connectivity index (χ3v) is 4.81. The Kier molecular flexibility index (Phi) is 2.78. The van der Waals surface area contributed by atoms with Crippen LogP contribution in [0.4, 0.5) is 0 Å². The van der Waals surface area contributed by atoms with E-state index in [2.05, 4.69) is 33.1 Å².